The Labute approximate surface area is 111 Å². The quantitative estimate of drug-likeness (QED) is 0.851. The van der Waals surface area contributed by atoms with Gasteiger partial charge in [0.15, 0.2) is 4.73 Å². The fraction of sp³-hybridized carbons (Fsp3) is 0.273. The number of benzene rings is 1. The van der Waals surface area contributed by atoms with Crippen LogP contribution in [0.25, 0.3) is 0 Å². The second-order valence-electron chi connectivity index (χ2n) is 3.64. The van der Waals surface area contributed by atoms with Gasteiger partial charge < -0.3 is 0 Å². The number of nitrogens with zero attached hydrogens (tertiary/aromatic N) is 3. The molecule has 0 spiro atoms. The van der Waals surface area contributed by atoms with Gasteiger partial charge in [-0.15, -0.1) is 5.10 Å². The molecule has 0 saturated carbocycles. The minimum absolute atomic E-state index is 0.408. The fourth-order valence-electron chi connectivity index (χ4n) is 1.56. The van der Waals surface area contributed by atoms with Crippen molar-refractivity contribution in [3.8, 4) is 0 Å². The van der Waals surface area contributed by atoms with E-state index in [0.29, 0.717) is 10.7 Å². The van der Waals surface area contributed by atoms with Gasteiger partial charge in [-0.1, -0.05) is 37.3 Å². The van der Waals surface area contributed by atoms with Crippen molar-refractivity contribution >= 4 is 31.9 Å². The zero-order valence-corrected chi connectivity index (χ0v) is 11.9. The lowest BCUT2D eigenvalue weighted by Gasteiger charge is -2.11. The van der Waals surface area contributed by atoms with Crippen LogP contribution in [0.15, 0.2) is 39.8 Å². The lowest BCUT2D eigenvalue weighted by Crippen LogP contribution is -2.08. The molecule has 0 unspecified atom stereocenters. The molecule has 5 heteroatoms. The Bertz CT molecular complexity index is 467. The van der Waals surface area contributed by atoms with Gasteiger partial charge in [0, 0.05) is 5.92 Å². The molecule has 0 saturated heterocycles. The van der Waals surface area contributed by atoms with Crippen LogP contribution in [0, 0.1) is 0 Å². The van der Waals surface area contributed by atoms with Crippen LogP contribution in [0.5, 0.6) is 0 Å². The Morgan fingerprint density at radius 3 is 2.50 bits per heavy atom. The van der Waals surface area contributed by atoms with Crippen molar-refractivity contribution in [2.24, 2.45) is 0 Å². The molecular weight excluding hydrogens is 334 g/mol. The zero-order valence-electron chi connectivity index (χ0n) is 8.77. The number of rotatable bonds is 3. The van der Waals surface area contributed by atoms with Gasteiger partial charge in [0.05, 0.1) is 6.54 Å². The van der Waals surface area contributed by atoms with Crippen molar-refractivity contribution < 1.29 is 0 Å². The van der Waals surface area contributed by atoms with Gasteiger partial charge in [-0.05, 0) is 37.4 Å². The maximum Gasteiger partial charge on any atom is 0.218 e. The molecule has 1 aromatic heterocycles. The van der Waals surface area contributed by atoms with Crippen molar-refractivity contribution in [1.29, 1.82) is 0 Å². The summed E-state index contributed by atoms with van der Waals surface area (Å²) < 4.78 is 3.21. The largest absolute Gasteiger partial charge is 0.239 e. The summed E-state index contributed by atoms with van der Waals surface area (Å²) in [6.07, 6.45) is 0. The molecule has 2 aromatic rings. The van der Waals surface area contributed by atoms with E-state index in [4.69, 9.17) is 0 Å². The minimum Gasteiger partial charge on any atom is -0.239 e. The number of halogens is 2. The van der Waals surface area contributed by atoms with Crippen LogP contribution in [0.1, 0.15) is 18.4 Å². The highest BCUT2D eigenvalue weighted by Gasteiger charge is 2.10. The summed E-state index contributed by atoms with van der Waals surface area (Å²) in [5, 5.41) is 4.25. The van der Waals surface area contributed by atoms with E-state index in [1.54, 1.807) is 0 Å². The van der Waals surface area contributed by atoms with E-state index in [9.17, 15) is 0 Å². The van der Waals surface area contributed by atoms with E-state index in [1.807, 2.05) is 10.7 Å². The zero-order chi connectivity index (χ0) is 11.5. The van der Waals surface area contributed by atoms with E-state index in [2.05, 4.69) is 73.1 Å². The van der Waals surface area contributed by atoms with E-state index in [-0.39, 0.29) is 0 Å². The van der Waals surface area contributed by atoms with Gasteiger partial charge >= 0.3 is 0 Å². The third kappa shape index (κ3) is 2.71. The molecule has 0 radical (unpaired) electrons. The first-order valence-corrected chi connectivity index (χ1v) is 6.56. The Morgan fingerprint density at radius 2 is 1.94 bits per heavy atom. The molecule has 0 fully saturated rings. The van der Waals surface area contributed by atoms with E-state index in [1.165, 1.54) is 5.56 Å². The van der Waals surface area contributed by atoms with Crippen molar-refractivity contribution in [3.05, 3.63) is 45.4 Å². The van der Waals surface area contributed by atoms with Gasteiger partial charge in [0.1, 0.15) is 0 Å². The van der Waals surface area contributed by atoms with Gasteiger partial charge in [-0.3, -0.25) is 0 Å². The van der Waals surface area contributed by atoms with Crippen LogP contribution < -0.4 is 0 Å². The monoisotopic (exact) mass is 343 g/mol. The first-order valence-electron chi connectivity index (χ1n) is 4.97. The molecule has 2 rings (SSSR count). The van der Waals surface area contributed by atoms with Gasteiger partial charge in [-0.25, -0.2) is 4.68 Å². The molecule has 16 heavy (non-hydrogen) atoms. The third-order valence-electron chi connectivity index (χ3n) is 2.42. The molecule has 1 aromatic carbocycles. The Balaban J connectivity index is 2.14. The van der Waals surface area contributed by atoms with Crippen molar-refractivity contribution in [2.75, 3.05) is 0 Å². The highest BCUT2D eigenvalue weighted by Crippen LogP contribution is 2.19. The Kier molecular flexibility index (Phi) is 3.76. The average Bonchev–Trinajstić information content (AvgIpc) is 2.59. The summed E-state index contributed by atoms with van der Waals surface area (Å²) in [5.41, 5.74) is 1.31. The average molecular weight is 345 g/mol. The number of aromatic nitrogens is 3. The molecule has 0 amide bonds. The molecule has 0 aliphatic rings. The molecular formula is C11H11Br2N3. The molecule has 1 heterocycles. The van der Waals surface area contributed by atoms with Crippen LogP contribution >= 0.6 is 31.9 Å². The lowest BCUT2D eigenvalue weighted by atomic mass is 10.0. The van der Waals surface area contributed by atoms with Crippen LogP contribution in [-0.2, 0) is 6.54 Å². The summed E-state index contributed by atoms with van der Waals surface area (Å²) >= 11 is 6.63. The van der Waals surface area contributed by atoms with Crippen molar-refractivity contribution in [1.82, 2.24) is 14.8 Å². The standard InChI is InChI=1S/C11H11Br2N3/c1-8(9-5-3-2-4-6-9)7-16-11(13)14-10(12)15-16/h2-6,8H,7H2,1H3/t8-/m1/s1. The van der Waals surface area contributed by atoms with Crippen molar-refractivity contribution in [2.45, 2.75) is 19.4 Å². The summed E-state index contributed by atoms with van der Waals surface area (Å²) in [5.74, 6) is 0.408. The van der Waals surface area contributed by atoms with Gasteiger partial charge in [-0.2, -0.15) is 4.98 Å². The predicted molar refractivity (Wildman–Crippen MR) is 70.3 cm³/mol. The number of hydrogen-bond donors (Lipinski definition) is 0. The highest BCUT2D eigenvalue weighted by molar-refractivity contribution is 9.11. The molecule has 0 N–H and O–H groups in total. The van der Waals surface area contributed by atoms with Crippen LogP contribution in [0.4, 0.5) is 0 Å². The van der Waals surface area contributed by atoms with Crippen molar-refractivity contribution in [3.63, 3.8) is 0 Å². The van der Waals surface area contributed by atoms with Crippen LogP contribution in [-0.4, -0.2) is 14.8 Å². The van der Waals surface area contributed by atoms with Gasteiger partial charge in [0.25, 0.3) is 0 Å². The topological polar surface area (TPSA) is 30.7 Å². The number of hydrogen-bond acceptors (Lipinski definition) is 2. The smallest absolute Gasteiger partial charge is 0.218 e. The molecule has 0 aliphatic carbocycles. The predicted octanol–water partition coefficient (Wildman–Crippen LogP) is 3.61. The maximum absolute atomic E-state index is 4.25. The van der Waals surface area contributed by atoms with Crippen LogP contribution in [0.2, 0.25) is 0 Å². The molecule has 0 bridgehead atoms. The molecule has 84 valence electrons. The summed E-state index contributed by atoms with van der Waals surface area (Å²) in [4.78, 5) is 4.14. The molecule has 1 atom stereocenters. The minimum atomic E-state index is 0.408. The van der Waals surface area contributed by atoms with E-state index >= 15 is 0 Å². The normalized spacial score (nSPS) is 12.7. The van der Waals surface area contributed by atoms with E-state index in [0.717, 1.165) is 11.3 Å². The first kappa shape index (κ1) is 11.8. The van der Waals surface area contributed by atoms with Crippen LogP contribution in [0.3, 0.4) is 0 Å². The van der Waals surface area contributed by atoms with Gasteiger partial charge in [0.2, 0.25) is 4.73 Å². The Morgan fingerprint density at radius 1 is 1.25 bits per heavy atom. The fourth-order valence-corrected chi connectivity index (χ4v) is 2.55. The SMILES string of the molecule is C[C@H](Cn1nc(Br)nc1Br)c1ccccc1. The highest BCUT2D eigenvalue weighted by atomic mass is 79.9. The first-order chi connectivity index (χ1) is 7.66. The van der Waals surface area contributed by atoms with E-state index < -0.39 is 0 Å². The second-order valence-corrected chi connectivity index (χ2v) is 5.06. The summed E-state index contributed by atoms with van der Waals surface area (Å²) in [6.45, 7) is 2.99. The summed E-state index contributed by atoms with van der Waals surface area (Å²) in [6, 6.07) is 10.4. The molecule has 3 nitrogen and oxygen atoms in total. The maximum atomic E-state index is 4.25. The second kappa shape index (κ2) is 5.10. The third-order valence-corrected chi connectivity index (χ3v) is 3.34. The lowest BCUT2D eigenvalue weighted by molar-refractivity contribution is 0.530. The molecule has 0 aliphatic heterocycles. The summed E-state index contributed by atoms with van der Waals surface area (Å²) in [7, 11) is 0. The Hall–Kier alpha value is -0.680.